The van der Waals surface area contributed by atoms with Gasteiger partial charge in [-0.15, -0.1) is 0 Å². The fourth-order valence-corrected chi connectivity index (χ4v) is 2.76. The smallest absolute Gasteiger partial charge is 0.335 e. The number of hydrogen-bond acceptors (Lipinski definition) is 4. The molecule has 2 rings (SSSR count). The Balaban J connectivity index is 2.70. The largest absolute Gasteiger partial charge is 0.478 e. The SMILES string of the molecule is NCC1=NS(=O)(=O)c2ccc(C(=O)O)cc21. The van der Waals surface area contributed by atoms with Crippen LogP contribution in [-0.4, -0.2) is 31.8 Å². The fourth-order valence-electron chi connectivity index (χ4n) is 1.50. The third-order valence-corrected chi connectivity index (χ3v) is 3.61. The molecule has 1 aliphatic heterocycles. The van der Waals surface area contributed by atoms with E-state index in [0.717, 1.165) is 0 Å². The zero-order valence-electron chi connectivity index (χ0n) is 8.04. The van der Waals surface area contributed by atoms with Gasteiger partial charge >= 0.3 is 5.97 Å². The van der Waals surface area contributed by atoms with E-state index < -0.39 is 16.0 Å². The molecule has 0 aromatic heterocycles. The maximum Gasteiger partial charge on any atom is 0.335 e. The standard InChI is InChI=1S/C9H8N2O4S/c10-4-7-6-3-5(9(12)13)1-2-8(6)16(14,15)11-7/h1-3H,4,10H2,(H,12,13). The summed E-state index contributed by atoms with van der Waals surface area (Å²) in [6.45, 7) is -0.0463. The topological polar surface area (TPSA) is 110 Å². The van der Waals surface area contributed by atoms with E-state index in [9.17, 15) is 13.2 Å². The number of fused-ring (bicyclic) bond motifs is 1. The molecule has 0 aliphatic carbocycles. The van der Waals surface area contributed by atoms with Gasteiger partial charge in [-0.05, 0) is 18.2 Å². The summed E-state index contributed by atoms with van der Waals surface area (Å²) in [4.78, 5) is 10.7. The van der Waals surface area contributed by atoms with Crippen LogP contribution in [0.2, 0.25) is 0 Å². The van der Waals surface area contributed by atoms with Crippen molar-refractivity contribution in [2.24, 2.45) is 10.1 Å². The molecule has 6 nitrogen and oxygen atoms in total. The summed E-state index contributed by atoms with van der Waals surface area (Å²) in [7, 11) is -3.69. The molecule has 1 aromatic carbocycles. The van der Waals surface area contributed by atoms with Crippen LogP contribution in [0, 0.1) is 0 Å². The highest BCUT2D eigenvalue weighted by Gasteiger charge is 2.28. The molecule has 0 fully saturated rings. The number of sulfonamides is 1. The molecule has 0 radical (unpaired) electrons. The average molecular weight is 240 g/mol. The van der Waals surface area contributed by atoms with Crippen LogP contribution in [0.15, 0.2) is 27.5 Å². The first-order valence-corrected chi connectivity index (χ1v) is 5.81. The second kappa shape index (κ2) is 3.39. The van der Waals surface area contributed by atoms with E-state index >= 15 is 0 Å². The number of rotatable bonds is 2. The number of benzene rings is 1. The number of carboxylic acid groups (broad SMARTS) is 1. The Morgan fingerprint density at radius 1 is 1.44 bits per heavy atom. The van der Waals surface area contributed by atoms with Crippen LogP contribution in [0.5, 0.6) is 0 Å². The third kappa shape index (κ3) is 1.50. The molecule has 16 heavy (non-hydrogen) atoms. The van der Waals surface area contributed by atoms with Crippen LogP contribution in [0.25, 0.3) is 0 Å². The maximum atomic E-state index is 11.5. The Morgan fingerprint density at radius 2 is 2.12 bits per heavy atom. The van der Waals surface area contributed by atoms with Gasteiger partial charge in [0.2, 0.25) is 0 Å². The maximum absolute atomic E-state index is 11.5. The summed E-state index contributed by atoms with van der Waals surface area (Å²) in [6, 6.07) is 3.74. The van der Waals surface area contributed by atoms with E-state index in [1.54, 1.807) is 0 Å². The molecule has 7 heteroatoms. The van der Waals surface area contributed by atoms with Crippen molar-refractivity contribution in [2.45, 2.75) is 4.90 Å². The minimum absolute atomic E-state index is 0.0111. The quantitative estimate of drug-likeness (QED) is 0.746. The van der Waals surface area contributed by atoms with Crippen molar-refractivity contribution in [2.75, 3.05) is 6.54 Å². The summed E-state index contributed by atoms with van der Waals surface area (Å²) in [5.41, 5.74) is 5.84. The van der Waals surface area contributed by atoms with Gasteiger partial charge in [0.1, 0.15) is 0 Å². The van der Waals surface area contributed by atoms with Crippen molar-refractivity contribution in [3.63, 3.8) is 0 Å². The molecule has 0 bridgehead atoms. The molecule has 0 amide bonds. The van der Waals surface area contributed by atoms with E-state index in [4.69, 9.17) is 10.8 Å². The van der Waals surface area contributed by atoms with Crippen molar-refractivity contribution in [1.29, 1.82) is 0 Å². The summed E-state index contributed by atoms with van der Waals surface area (Å²) in [6.07, 6.45) is 0. The Bertz CT molecular complexity index is 604. The van der Waals surface area contributed by atoms with Crippen molar-refractivity contribution in [1.82, 2.24) is 0 Å². The molecule has 1 aliphatic rings. The van der Waals surface area contributed by atoms with Crippen LogP contribution in [-0.2, 0) is 10.0 Å². The number of aromatic carboxylic acids is 1. The molecule has 0 saturated carbocycles. The lowest BCUT2D eigenvalue weighted by molar-refractivity contribution is 0.0696. The van der Waals surface area contributed by atoms with E-state index in [2.05, 4.69) is 4.40 Å². The van der Waals surface area contributed by atoms with E-state index in [1.807, 2.05) is 0 Å². The van der Waals surface area contributed by atoms with Gasteiger partial charge in [0.05, 0.1) is 16.2 Å². The molecular weight excluding hydrogens is 232 g/mol. The number of nitrogens with zero attached hydrogens (tertiary/aromatic N) is 1. The molecule has 0 saturated heterocycles. The molecule has 1 heterocycles. The summed E-state index contributed by atoms with van der Waals surface area (Å²) < 4.78 is 26.5. The van der Waals surface area contributed by atoms with Gasteiger partial charge in [-0.2, -0.15) is 12.8 Å². The minimum atomic E-state index is -3.69. The first kappa shape index (κ1) is 10.8. The molecule has 84 valence electrons. The highest BCUT2D eigenvalue weighted by atomic mass is 32.2. The van der Waals surface area contributed by atoms with Gasteiger partial charge in [0.25, 0.3) is 10.0 Å². The van der Waals surface area contributed by atoms with Crippen molar-refractivity contribution in [3.05, 3.63) is 29.3 Å². The normalized spacial score (nSPS) is 16.7. The summed E-state index contributed by atoms with van der Waals surface area (Å²) in [5.74, 6) is -1.12. The molecule has 1 aromatic rings. The zero-order valence-corrected chi connectivity index (χ0v) is 8.86. The average Bonchev–Trinajstić information content (AvgIpc) is 2.50. The van der Waals surface area contributed by atoms with Gasteiger partial charge in [-0.1, -0.05) is 0 Å². The second-order valence-corrected chi connectivity index (χ2v) is 4.81. The zero-order chi connectivity index (χ0) is 11.9. The lowest BCUT2D eigenvalue weighted by Crippen LogP contribution is -2.13. The van der Waals surface area contributed by atoms with Crippen molar-refractivity contribution < 1.29 is 18.3 Å². The lowest BCUT2D eigenvalue weighted by atomic mass is 10.1. The predicted molar refractivity (Wildman–Crippen MR) is 56.2 cm³/mol. The first-order valence-electron chi connectivity index (χ1n) is 4.37. The fraction of sp³-hybridized carbons (Fsp3) is 0.111. The van der Waals surface area contributed by atoms with Gasteiger partial charge in [0, 0.05) is 12.1 Å². The Labute approximate surface area is 91.5 Å². The molecule has 0 spiro atoms. The van der Waals surface area contributed by atoms with Crippen LogP contribution < -0.4 is 5.73 Å². The van der Waals surface area contributed by atoms with Gasteiger partial charge < -0.3 is 10.8 Å². The molecule has 0 atom stereocenters. The van der Waals surface area contributed by atoms with Crippen LogP contribution in [0.1, 0.15) is 15.9 Å². The van der Waals surface area contributed by atoms with E-state index in [0.29, 0.717) is 0 Å². The van der Waals surface area contributed by atoms with E-state index in [-0.39, 0.29) is 28.3 Å². The minimum Gasteiger partial charge on any atom is -0.478 e. The summed E-state index contributed by atoms with van der Waals surface area (Å²) >= 11 is 0. The Kier molecular flexibility index (Phi) is 2.28. The van der Waals surface area contributed by atoms with Crippen LogP contribution in [0.3, 0.4) is 0 Å². The number of hydrogen-bond donors (Lipinski definition) is 2. The lowest BCUT2D eigenvalue weighted by Gasteiger charge is -2.00. The van der Waals surface area contributed by atoms with Gasteiger partial charge in [-0.3, -0.25) is 0 Å². The van der Waals surface area contributed by atoms with Gasteiger partial charge in [0.15, 0.2) is 0 Å². The third-order valence-electron chi connectivity index (χ3n) is 2.24. The number of nitrogens with two attached hydrogens (primary N) is 1. The summed E-state index contributed by atoms with van der Waals surface area (Å²) in [5, 5.41) is 8.78. The van der Waals surface area contributed by atoms with Crippen molar-refractivity contribution in [3.8, 4) is 0 Å². The highest BCUT2D eigenvalue weighted by Crippen LogP contribution is 2.26. The van der Waals surface area contributed by atoms with Crippen LogP contribution in [0.4, 0.5) is 0 Å². The highest BCUT2D eigenvalue weighted by molar-refractivity contribution is 7.90. The second-order valence-electron chi connectivity index (χ2n) is 3.23. The molecular formula is C9H8N2O4S. The predicted octanol–water partition coefficient (Wildman–Crippen LogP) is -0.165. The number of carboxylic acids is 1. The van der Waals surface area contributed by atoms with Gasteiger partial charge in [-0.25, -0.2) is 4.79 Å². The first-order chi connectivity index (χ1) is 7.45. The van der Waals surface area contributed by atoms with Crippen molar-refractivity contribution >= 4 is 21.7 Å². The molecule has 3 N–H and O–H groups in total. The Hall–Kier alpha value is -1.73. The van der Waals surface area contributed by atoms with Crippen LogP contribution >= 0.6 is 0 Å². The monoisotopic (exact) mass is 240 g/mol. The molecule has 0 unspecified atom stereocenters. The number of carbonyl (C=O) groups is 1. The van der Waals surface area contributed by atoms with E-state index in [1.165, 1.54) is 18.2 Å². The Morgan fingerprint density at radius 3 is 2.69 bits per heavy atom.